The van der Waals surface area contributed by atoms with Crippen LogP contribution < -0.4 is 24.8 Å². The smallest absolute Gasteiger partial charge is 0.211 e. The van der Waals surface area contributed by atoms with Crippen LogP contribution >= 0.6 is 0 Å². The molecule has 0 spiro atoms. The van der Waals surface area contributed by atoms with Gasteiger partial charge in [-0.25, -0.2) is 18.1 Å². The van der Waals surface area contributed by atoms with Crippen molar-refractivity contribution < 1.29 is 17.9 Å². The van der Waals surface area contributed by atoms with Gasteiger partial charge in [0.05, 0.1) is 26.5 Å². The molecule has 0 aliphatic carbocycles. The van der Waals surface area contributed by atoms with Gasteiger partial charge in [-0.05, 0) is 32.4 Å². The molecular weight excluding hydrogens is 356 g/mol. The molecule has 0 heterocycles. The summed E-state index contributed by atoms with van der Waals surface area (Å²) in [5.74, 6) is 2.21. The second-order valence-electron chi connectivity index (χ2n) is 5.45. The zero-order chi connectivity index (χ0) is 19.4. The molecule has 0 aliphatic heterocycles. The van der Waals surface area contributed by atoms with Crippen molar-refractivity contribution in [3.8, 4) is 11.5 Å². The lowest BCUT2D eigenvalue weighted by atomic mass is 10.2. The Morgan fingerprint density at radius 2 is 1.88 bits per heavy atom. The van der Waals surface area contributed by atoms with Crippen LogP contribution in [0.2, 0.25) is 0 Å². The third-order valence-electron chi connectivity index (χ3n) is 3.59. The van der Waals surface area contributed by atoms with Crippen LogP contribution in [0.5, 0.6) is 11.5 Å². The fourth-order valence-electron chi connectivity index (χ4n) is 2.11. The maximum Gasteiger partial charge on any atom is 0.211 e. The van der Waals surface area contributed by atoms with Gasteiger partial charge in [-0.2, -0.15) is 0 Å². The third kappa shape index (κ3) is 7.92. The largest absolute Gasteiger partial charge is 0.497 e. The molecule has 148 valence electrons. The summed E-state index contributed by atoms with van der Waals surface area (Å²) < 4.78 is 35.9. The van der Waals surface area contributed by atoms with Gasteiger partial charge in [0, 0.05) is 31.3 Å². The average molecular weight is 387 g/mol. The molecule has 0 fully saturated rings. The molecule has 8 nitrogen and oxygen atoms in total. The van der Waals surface area contributed by atoms with Crippen LogP contribution in [0.1, 0.15) is 25.8 Å². The van der Waals surface area contributed by atoms with Gasteiger partial charge in [-0.3, -0.25) is 0 Å². The van der Waals surface area contributed by atoms with Crippen LogP contribution in [0.15, 0.2) is 23.2 Å². The fourth-order valence-corrected chi connectivity index (χ4v) is 2.77. The summed E-state index contributed by atoms with van der Waals surface area (Å²) >= 11 is 0. The Kier molecular flexibility index (Phi) is 9.82. The maximum atomic E-state index is 11.4. The highest BCUT2D eigenvalue weighted by Crippen LogP contribution is 2.25. The number of nitrogens with one attached hydrogen (secondary N) is 3. The van der Waals surface area contributed by atoms with Gasteiger partial charge in [-0.1, -0.05) is 0 Å². The normalized spacial score (nSPS) is 11.9. The second-order valence-corrected chi connectivity index (χ2v) is 7.55. The summed E-state index contributed by atoms with van der Waals surface area (Å²) in [7, 11) is 0.0875. The SMILES string of the molecule is CCNC(=NCc1ccc(OC)cc1OC)NCCCNS(=O)(=O)CC. The number of aliphatic imine (C=N–C) groups is 1. The van der Waals surface area contributed by atoms with Crippen molar-refractivity contribution >= 4 is 16.0 Å². The molecule has 0 saturated heterocycles. The molecular formula is C17H30N4O4S. The number of methoxy groups -OCH3 is 2. The van der Waals surface area contributed by atoms with E-state index in [1.165, 1.54) is 0 Å². The molecule has 1 rings (SSSR count). The number of benzene rings is 1. The van der Waals surface area contributed by atoms with Gasteiger partial charge in [0.25, 0.3) is 0 Å². The van der Waals surface area contributed by atoms with Gasteiger partial charge in [0.15, 0.2) is 5.96 Å². The van der Waals surface area contributed by atoms with Crippen molar-refractivity contribution in [1.82, 2.24) is 15.4 Å². The number of guanidine groups is 1. The Bertz CT molecular complexity index is 677. The van der Waals surface area contributed by atoms with E-state index >= 15 is 0 Å². The molecule has 0 bridgehead atoms. The monoisotopic (exact) mass is 386 g/mol. The van der Waals surface area contributed by atoms with E-state index < -0.39 is 10.0 Å². The zero-order valence-electron chi connectivity index (χ0n) is 16.0. The Morgan fingerprint density at radius 3 is 2.50 bits per heavy atom. The molecule has 1 aromatic rings. The maximum absolute atomic E-state index is 11.4. The number of ether oxygens (including phenoxy) is 2. The van der Waals surface area contributed by atoms with E-state index in [1.54, 1.807) is 21.1 Å². The van der Waals surface area contributed by atoms with Crippen LogP contribution in [-0.2, 0) is 16.6 Å². The highest BCUT2D eigenvalue weighted by atomic mass is 32.2. The van der Waals surface area contributed by atoms with E-state index in [2.05, 4.69) is 20.3 Å². The van der Waals surface area contributed by atoms with E-state index in [1.807, 2.05) is 25.1 Å². The summed E-state index contributed by atoms with van der Waals surface area (Å²) in [5, 5.41) is 6.36. The highest BCUT2D eigenvalue weighted by Gasteiger charge is 2.06. The lowest BCUT2D eigenvalue weighted by Crippen LogP contribution is -2.38. The summed E-state index contributed by atoms with van der Waals surface area (Å²) in [6.07, 6.45) is 0.662. The van der Waals surface area contributed by atoms with Gasteiger partial charge < -0.3 is 20.1 Å². The highest BCUT2D eigenvalue weighted by molar-refractivity contribution is 7.89. The Balaban J connectivity index is 2.58. The van der Waals surface area contributed by atoms with Crippen molar-refractivity contribution in [2.45, 2.75) is 26.8 Å². The van der Waals surface area contributed by atoms with E-state index in [0.29, 0.717) is 32.0 Å². The molecule has 3 N–H and O–H groups in total. The summed E-state index contributed by atoms with van der Waals surface area (Å²) in [4.78, 5) is 4.55. The van der Waals surface area contributed by atoms with Gasteiger partial charge >= 0.3 is 0 Å². The minimum atomic E-state index is -3.14. The number of sulfonamides is 1. The van der Waals surface area contributed by atoms with Crippen LogP contribution in [0.25, 0.3) is 0 Å². The first-order valence-electron chi connectivity index (χ1n) is 8.66. The molecule has 0 radical (unpaired) electrons. The number of hydrogen-bond donors (Lipinski definition) is 3. The summed E-state index contributed by atoms with van der Waals surface area (Å²) in [5.41, 5.74) is 0.946. The summed E-state index contributed by atoms with van der Waals surface area (Å²) in [6, 6.07) is 5.61. The third-order valence-corrected chi connectivity index (χ3v) is 5.00. The van der Waals surface area contributed by atoms with Crippen molar-refractivity contribution in [3.05, 3.63) is 23.8 Å². The lowest BCUT2D eigenvalue weighted by Gasteiger charge is -2.13. The minimum absolute atomic E-state index is 0.0915. The van der Waals surface area contributed by atoms with Crippen LogP contribution in [0.4, 0.5) is 0 Å². The summed E-state index contributed by atoms with van der Waals surface area (Å²) in [6.45, 7) is 5.79. The number of rotatable bonds is 11. The van der Waals surface area contributed by atoms with E-state index in [0.717, 1.165) is 23.6 Å². The Morgan fingerprint density at radius 1 is 1.12 bits per heavy atom. The predicted octanol–water partition coefficient (Wildman–Crippen LogP) is 1.09. The molecule has 0 unspecified atom stereocenters. The van der Waals surface area contributed by atoms with Crippen LogP contribution in [0, 0.1) is 0 Å². The number of nitrogens with zero attached hydrogens (tertiary/aromatic N) is 1. The van der Waals surface area contributed by atoms with E-state index in [4.69, 9.17) is 9.47 Å². The first-order valence-corrected chi connectivity index (χ1v) is 10.3. The van der Waals surface area contributed by atoms with E-state index in [-0.39, 0.29) is 5.75 Å². The van der Waals surface area contributed by atoms with Crippen LogP contribution in [0.3, 0.4) is 0 Å². The molecule has 0 aromatic heterocycles. The van der Waals surface area contributed by atoms with Gasteiger partial charge in [-0.15, -0.1) is 0 Å². The Hall–Kier alpha value is -2.00. The second kappa shape index (κ2) is 11.6. The molecule has 26 heavy (non-hydrogen) atoms. The Labute approximate surface area is 156 Å². The average Bonchev–Trinajstić information content (AvgIpc) is 2.65. The molecule has 0 saturated carbocycles. The van der Waals surface area contributed by atoms with Gasteiger partial charge in [0.1, 0.15) is 11.5 Å². The van der Waals surface area contributed by atoms with Crippen molar-refractivity contribution in [1.29, 1.82) is 0 Å². The zero-order valence-corrected chi connectivity index (χ0v) is 16.8. The molecule has 0 atom stereocenters. The topological polar surface area (TPSA) is 101 Å². The fraction of sp³-hybridized carbons (Fsp3) is 0.588. The van der Waals surface area contributed by atoms with E-state index in [9.17, 15) is 8.42 Å². The van der Waals surface area contributed by atoms with Crippen LogP contribution in [-0.4, -0.2) is 54.0 Å². The minimum Gasteiger partial charge on any atom is -0.497 e. The first kappa shape index (κ1) is 22.0. The predicted molar refractivity (Wildman–Crippen MR) is 104 cm³/mol. The molecule has 0 amide bonds. The quantitative estimate of drug-likeness (QED) is 0.299. The van der Waals surface area contributed by atoms with Crippen molar-refractivity contribution in [2.75, 3.05) is 39.6 Å². The van der Waals surface area contributed by atoms with Gasteiger partial charge in [0.2, 0.25) is 10.0 Å². The molecule has 1 aromatic carbocycles. The molecule has 9 heteroatoms. The van der Waals surface area contributed by atoms with Crippen molar-refractivity contribution in [2.24, 2.45) is 4.99 Å². The lowest BCUT2D eigenvalue weighted by molar-refractivity contribution is 0.391. The standard InChI is InChI=1S/C17H30N4O4S/c1-5-18-17(19-10-7-11-21-26(22,23)6-2)20-13-14-8-9-15(24-3)12-16(14)25-4/h8-9,12,21H,5-7,10-11,13H2,1-4H3,(H2,18,19,20). The van der Waals surface area contributed by atoms with Crippen molar-refractivity contribution in [3.63, 3.8) is 0 Å². The molecule has 0 aliphatic rings. The number of hydrogen-bond acceptors (Lipinski definition) is 5. The first-order chi connectivity index (χ1) is 12.5.